The highest BCUT2D eigenvalue weighted by Gasteiger charge is 2.36. The van der Waals surface area contributed by atoms with Crippen LogP contribution in [0.4, 0.5) is 0 Å². The number of hydrogen-bond acceptors (Lipinski definition) is 4. The molecular weight excluding hydrogens is 250 g/mol. The number of amides is 1. The molecule has 1 rings (SSSR count). The van der Waals surface area contributed by atoms with Gasteiger partial charge in [-0.25, -0.2) is 4.79 Å². The van der Waals surface area contributed by atoms with Gasteiger partial charge in [0.05, 0.1) is 18.3 Å². The summed E-state index contributed by atoms with van der Waals surface area (Å²) < 4.78 is 5.61. The van der Waals surface area contributed by atoms with Crippen molar-refractivity contribution in [2.24, 2.45) is 0 Å². The van der Waals surface area contributed by atoms with E-state index in [2.05, 4.69) is 0 Å². The summed E-state index contributed by atoms with van der Waals surface area (Å²) in [6.07, 6.45) is -0.439. The molecule has 1 atom stereocenters. The molecule has 19 heavy (non-hydrogen) atoms. The summed E-state index contributed by atoms with van der Waals surface area (Å²) in [5.41, 5.74) is -0.310. The van der Waals surface area contributed by atoms with Crippen molar-refractivity contribution in [1.82, 2.24) is 4.90 Å². The summed E-state index contributed by atoms with van der Waals surface area (Å²) in [6, 6.07) is 0. The van der Waals surface area contributed by atoms with E-state index >= 15 is 0 Å². The summed E-state index contributed by atoms with van der Waals surface area (Å²) in [6.45, 7) is 7.03. The van der Waals surface area contributed by atoms with E-state index in [0.29, 0.717) is 6.54 Å². The van der Waals surface area contributed by atoms with Gasteiger partial charge in [0.15, 0.2) is 0 Å². The Balaban J connectivity index is 2.93. The maximum absolute atomic E-state index is 12.3. The lowest BCUT2D eigenvalue weighted by atomic mass is 10.0. The topological polar surface area (TPSA) is 87.1 Å². The van der Waals surface area contributed by atoms with Crippen LogP contribution in [0.3, 0.4) is 0 Å². The molecule has 1 aliphatic rings. The first kappa shape index (κ1) is 15.7. The largest absolute Gasteiger partial charge is 0.478 e. The van der Waals surface area contributed by atoms with Crippen LogP contribution in [0.2, 0.25) is 0 Å². The monoisotopic (exact) mass is 271 g/mol. The molecule has 0 aliphatic carbocycles. The number of carbonyl (C=O) groups is 2. The zero-order valence-electron chi connectivity index (χ0n) is 11.8. The van der Waals surface area contributed by atoms with Crippen LogP contribution >= 0.6 is 0 Å². The van der Waals surface area contributed by atoms with E-state index in [0.717, 1.165) is 0 Å². The number of nitrogens with zero attached hydrogens (tertiary/aromatic N) is 1. The van der Waals surface area contributed by atoms with Crippen LogP contribution in [0, 0.1) is 0 Å². The van der Waals surface area contributed by atoms with Crippen LogP contribution in [0.1, 0.15) is 27.7 Å². The number of rotatable bonds is 3. The van der Waals surface area contributed by atoms with Gasteiger partial charge in [0.1, 0.15) is 0 Å². The molecule has 1 saturated heterocycles. The van der Waals surface area contributed by atoms with Gasteiger partial charge in [-0.1, -0.05) is 0 Å². The normalized spacial score (nSPS) is 23.8. The molecular formula is C13H21NO5. The van der Waals surface area contributed by atoms with E-state index in [1.165, 1.54) is 18.7 Å². The van der Waals surface area contributed by atoms with E-state index in [-0.39, 0.29) is 30.2 Å². The molecule has 108 valence electrons. The maximum Gasteiger partial charge on any atom is 0.331 e. The van der Waals surface area contributed by atoms with Crippen molar-refractivity contribution in [3.63, 3.8) is 0 Å². The van der Waals surface area contributed by atoms with E-state index in [1.807, 2.05) is 13.8 Å². The fraction of sp³-hybridized carbons (Fsp3) is 0.692. The lowest BCUT2D eigenvalue weighted by Gasteiger charge is -2.42. The first-order valence-corrected chi connectivity index (χ1v) is 6.16. The summed E-state index contributed by atoms with van der Waals surface area (Å²) in [7, 11) is 0. The number of hydrogen-bond donors (Lipinski definition) is 2. The van der Waals surface area contributed by atoms with E-state index in [1.54, 1.807) is 0 Å². The molecule has 0 aromatic rings. The van der Waals surface area contributed by atoms with Crippen molar-refractivity contribution in [3.8, 4) is 0 Å². The molecule has 1 fully saturated rings. The highest BCUT2D eigenvalue weighted by Crippen LogP contribution is 2.22. The Morgan fingerprint density at radius 1 is 1.32 bits per heavy atom. The summed E-state index contributed by atoms with van der Waals surface area (Å²) in [5.74, 6) is -1.42. The van der Waals surface area contributed by atoms with Gasteiger partial charge in [-0.15, -0.1) is 0 Å². The van der Waals surface area contributed by atoms with Gasteiger partial charge in [0.2, 0.25) is 5.91 Å². The minimum Gasteiger partial charge on any atom is -0.478 e. The minimum absolute atomic E-state index is 0.0369. The number of carbonyl (C=O) groups excluding carboxylic acids is 1. The highest BCUT2D eigenvalue weighted by molar-refractivity contribution is 6.01. The Bertz CT molecular complexity index is 413. The van der Waals surface area contributed by atoms with Gasteiger partial charge in [0.25, 0.3) is 0 Å². The number of ether oxygens (including phenoxy) is 1. The average molecular weight is 271 g/mol. The second-order valence-corrected chi connectivity index (χ2v) is 5.42. The third kappa shape index (κ3) is 3.78. The van der Waals surface area contributed by atoms with Crippen LogP contribution in [0.15, 0.2) is 11.1 Å². The lowest BCUT2D eigenvalue weighted by molar-refractivity contribution is -0.164. The minimum atomic E-state index is -1.10. The van der Waals surface area contributed by atoms with E-state index in [9.17, 15) is 14.7 Å². The molecule has 6 nitrogen and oxygen atoms in total. The standard InChI is InChI=1S/C13H21NO5/c1-8(9(2)12(17)18)11(16)14-5-10(6-15)19-13(3,4)7-14/h10,15H,5-7H2,1-4H3,(H,17,18). The second kappa shape index (κ2) is 5.71. The van der Waals surface area contributed by atoms with Gasteiger partial charge in [-0.3, -0.25) is 4.79 Å². The predicted octanol–water partition coefficient (Wildman–Crippen LogP) is 0.406. The Morgan fingerprint density at radius 3 is 2.37 bits per heavy atom. The Hall–Kier alpha value is -1.40. The van der Waals surface area contributed by atoms with Gasteiger partial charge < -0.3 is 19.8 Å². The Labute approximate surface area is 112 Å². The molecule has 0 aromatic heterocycles. The van der Waals surface area contributed by atoms with Gasteiger partial charge in [-0.2, -0.15) is 0 Å². The number of aliphatic hydroxyl groups is 1. The lowest BCUT2D eigenvalue weighted by Crippen LogP contribution is -2.55. The molecule has 6 heteroatoms. The molecule has 0 radical (unpaired) electrons. The van der Waals surface area contributed by atoms with Crippen molar-refractivity contribution in [2.75, 3.05) is 19.7 Å². The smallest absolute Gasteiger partial charge is 0.331 e. The van der Waals surface area contributed by atoms with Crippen molar-refractivity contribution in [1.29, 1.82) is 0 Å². The molecule has 2 N–H and O–H groups in total. The van der Waals surface area contributed by atoms with E-state index < -0.39 is 17.7 Å². The zero-order valence-corrected chi connectivity index (χ0v) is 11.8. The van der Waals surface area contributed by atoms with Gasteiger partial charge >= 0.3 is 5.97 Å². The van der Waals surface area contributed by atoms with Crippen molar-refractivity contribution >= 4 is 11.9 Å². The fourth-order valence-electron chi connectivity index (χ4n) is 2.10. The van der Waals surface area contributed by atoms with Gasteiger partial charge in [-0.05, 0) is 27.7 Å². The molecule has 0 aromatic carbocycles. The maximum atomic E-state index is 12.3. The molecule has 0 spiro atoms. The van der Waals surface area contributed by atoms with Gasteiger partial charge in [0, 0.05) is 24.2 Å². The molecule has 1 amide bonds. The molecule has 0 bridgehead atoms. The second-order valence-electron chi connectivity index (χ2n) is 5.42. The quantitative estimate of drug-likeness (QED) is 0.726. The molecule has 1 unspecified atom stereocenters. The van der Waals surface area contributed by atoms with Crippen LogP contribution in [-0.4, -0.2) is 58.4 Å². The number of carboxylic acids is 1. The van der Waals surface area contributed by atoms with Crippen LogP contribution < -0.4 is 0 Å². The van der Waals surface area contributed by atoms with Crippen LogP contribution in [0.5, 0.6) is 0 Å². The molecule has 1 aliphatic heterocycles. The third-order valence-electron chi connectivity index (χ3n) is 3.18. The van der Waals surface area contributed by atoms with Crippen LogP contribution in [-0.2, 0) is 14.3 Å². The van der Waals surface area contributed by atoms with Crippen molar-refractivity contribution < 1.29 is 24.5 Å². The van der Waals surface area contributed by atoms with Crippen molar-refractivity contribution in [3.05, 3.63) is 11.1 Å². The van der Waals surface area contributed by atoms with E-state index in [4.69, 9.17) is 9.84 Å². The fourth-order valence-corrected chi connectivity index (χ4v) is 2.10. The van der Waals surface area contributed by atoms with Crippen molar-refractivity contribution in [2.45, 2.75) is 39.4 Å². The highest BCUT2D eigenvalue weighted by atomic mass is 16.5. The number of morpholine rings is 1. The number of carboxylic acid groups (broad SMARTS) is 1. The number of aliphatic hydroxyl groups excluding tert-OH is 1. The Kier molecular flexibility index (Phi) is 4.70. The van der Waals surface area contributed by atoms with Crippen LogP contribution in [0.25, 0.3) is 0 Å². The summed E-state index contributed by atoms with van der Waals surface area (Å²) in [4.78, 5) is 24.7. The predicted molar refractivity (Wildman–Crippen MR) is 68.6 cm³/mol. The Morgan fingerprint density at radius 2 is 1.89 bits per heavy atom. The summed E-state index contributed by atoms with van der Waals surface area (Å²) >= 11 is 0. The zero-order chi connectivity index (χ0) is 14.8. The first-order valence-electron chi connectivity index (χ1n) is 6.16. The first-order chi connectivity index (χ1) is 8.68. The third-order valence-corrected chi connectivity index (χ3v) is 3.18. The average Bonchev–Trinajstić information content (AvgIpc) is 2.33. The molecule has 1 heterocycles. The number of aliphatic carboxylic acids is 1. The SMILES string of the molecule is CC(C(=O)O)=C(C)C(=O)N1CC(CO)OC(C)(C)C1. The molecule has 0 saturated carbocycles. The summed E-state index contributed by atoms with van der Waals surface area (Å²) in [5, 5.41) is 18.1.